The predicted molar refractivity (Wildman–Crippen MR) is 107 cm³/mol. The van der Waals surface area contributed by atoms with Gasteiger partial charge in [-0.15, -0.1) is 0 Å². The van der Waals surface area contributed by atoms with Crippen LogP contribution in [0.2, 0.25) is 0 Å². The van der Waals surface area contributed by atoms with Crippen molar-refractivity contribution in [1.82, 2.24) is 0 Å². The van der Waals surface area contributed by atoms with E-state index >= 15 is 0 Å². The third-order valence-corrected chi connectivity index (χ3v) is 2.96. The fourth-order valence-electron chi connectivity index (χ4n) is 1.84. The van der Waals surface area contributed by atoms with Crippen molar-refractivity contribution in [2.75, 3.05) is 0 Å². The number of carboxylic acid groups (broad SMARTS) is 2. The smallest absolute Gasteiger partial charge is 0.545 e. The molecule has 0 unspecified atom stereocenters. The van der Waals surface area contributed by atoms with Crippen LogP contribution in [0.5, 0.6) is 0 Å². The van der Waals surface area contributed by atoms with E-state index in [0.717, 1.165) is 0 Å². The first-order valence-electron chi connectivity index (χ1n) is 6.99. The molecular weight excluding hydrogens is 504 g/mol. The van der Waals surface area contributed by atoms with Gasteiger partial charge < -0.3 is 52.7 Å². The molecule has 0 aliphatic carbocycles. The summed E-state index contributed by atoms with van der Waals surface area (Å²) in [6.45, 7) is 0. The second-order valence-corrected chi connectivity index (χ2v) is 4.56. The van der Waals surface area contributed by atoms with Crippen molar-refractivity contribution in [1.29, 1.82) is 0 Å². The maximum Gasteiger partial charge on any atom is 2.00 e. The predicted octanol–water partition coefficient (Wildman–Crippen LogP) is -6.11. The van der Waals surface area contributed by atoms with E-state index in [4.69, 9.17) is 10.5 Å². The number of benzene rings is 2. The van der Waals surface area contributed by atoms with E-state index in [9.17, 15) is 29.4 Å². The van der Waals surface area contributed by atoms with E-state index < -0.39 is 23.9 Å². The first-order valence-corrected chi connectivity index (χ1v) is 6.99. The van der Waals surface area contributed by atoms with Gasteiger partial charge in [0, 0.05) is 11.1 Å². The van der Waals surface area contributed by atoms with Crippen LogP contribution in [0.1, 0.15) is 41.4 Å². The Balaban J connectivity index is -0.0000000747. The minimum absolute atomic E-state index is 0. The molecular formula is C16H22MgO18. The van der Waals surface area contributed by atoms with Gasteiger partial charge in [0.25, 0.3) is 0 Å². The van der Waals surface area contributed by atoms with Gasteiger partial charge in [-0.3, -0.25) is 9.78 Å². The van der Waals surface area contributed by atoms with Crippen LogP contribution >= 0.6 is 0 Å². The Morgan fingerprint density at radius 3 is 0.971 bits per heavy atom. The van der Waals surface area contributed by atoms with Crippen molar-refractivity contribution in [3.63, 3.8) is 0 Å². The monoisotopic (exact) mass is 526 g/mol. The minimum atomic E-state index is -1.52. The van der Waals surface area contributed by atoms with Crippen LogP contribution in [0.25, 0.3) is 0 Å². The van der Waals surface area contributed by atoms with Gasteiger partial charge in [0.15, 0.2) is 0 Å². The second kappa shape index (κ2) is 25.3. The summed E-state index contributed by atoms with van der Waals surface area (Å²) in [6, 6.07) is 10.4. The van der Waals surface area contributed by atoms with Crippen LogP contribution in [0.15, 0.2) is 48.5 Å². The molecule has 0 aliphatic rings. The maximum atomic E-state index is 11.0. The van der Waals surface area contributed by atoms with Gasteiger partial charge in [0.05, 0.1) is 23.1 Å². The van der Waals surface area contributed by atoms with E-state index in [1.165, 1.54) is 48.5 Å². The zero-order valence-electron chi connectivity index (χ0n) is 17.3. The minimum Gasteiger partial charge on any atom is -0.545 e. The van der Waals surface area contributed by atoms with Gasteiger partial charge in [0.2, 0.25) is 0 Å². The number of aromatic carboxylic acids is 2. The first kappa shape index (κ1) is 49.0. The summed E-state index contributed by atoms with van der Waals surface area (Å²) in [4.78, 5) is 50.4. The summed E-state index contributed by atoms with van der Waals surface area (Å²) < 4.78 is 0. The molecule has 0 heterocycles. The van der Waals surface area contributed by atoms with E-state index in [1.54, 1.807) is 0 Å². The number of carbonyl (C=O) groups excluding carboxylic acids is 4. The molecule has 19 heteroatoms. The molecule has 2 aromatic rings. The molecule has 0 fully saturated rings. The Bertz CT molecular complexity index is 802. The fraction of sp³-hybridized carbons (Fsp3) is 0. The van der Waals surface area contributed by atoms with Crippen LogP contribution in [-0.2, 0) is 19.9 Å². The molecule has 0 aliphatic heterocycles. The van der Waals surface area contributed by atoms with Gasteiger partial charge in [-0.2, -0.15) is 0 Å². The van der Waals surface area contributed by atoms with Gasteiger partial charge in [0.1, 0.15) is 0 Å². The Hall–Kier alpha value is -3.31. The van der Waals surface area contributed by atoms with Crippen LogP contribution in [-0.4, -0.2) is 90.3 Å². The molecule has 0 amide bonds. The van der Waals surface area contributed by atoms with Crippen LogP contribution < -0.4 is 10.2 Å². The average molecular weight is 527 g/mol. The molecule has 0 bridgehead atoms. The van der Waals surface area contributed by atoms with Crippen molar-refractivity contribution in [2.24, 2.45) is 0 Å². The maximum absolute atomic E-state index is 11.0. The molecule has 2 rings (SSSR count). The Morgan fingerprint density at radius 2 is 0.771 bits per heavy atom. The van der Waals surface area contributed by atoms with Crippen molar-refractivity contribution in [2.45, 2.75) is 0 Å². The topological polar surface area (TPSA) is 381 Å². The largest absolute Gasteiger partial charge is 2.00 e. The molecule has 18 nitrogen and oxygen atoms in total. The number of hydrogen-bond donors (Lipinski definition) is 2. The Morgan fingerprint density at radius 1 is 0.543 bits per heavy atom. The summed E-state index contributed by atoms with van der Waals surface area (Å²) in [5.74, 6) is -5.27. The van der Waals surface area contributed by atoms with Crippen molar-refractivity contribution >= 4 is 46.9 Å². The van der Waals surface area contributed by atoms with Crippen LogP contribution in [0, 0.1) is 0 Å². The summed E-state index contributed by atoms with van der Waals surface area (Å²) in [5.41, 5.74) is -1.20. The zero-order valence-corrected chi connectivity index (χ0v) is 18.7. The Labute approximate surface area is 210 Å². The molecule has 0 aromatic heterocycles. The molecule has 0 radical (unpaired) electrons. The number of hydrogen-bond acceptors (Lipinski definition) is 12. The summed E-state index contributed by atoms with van der Waals surface area (Å²) in [6.07, 6.45) is 0. The standard InChI is InChI=1S/2C8H6O6.Mg.6H2O/c2*9-7(10)5-3-1-2-4-6(5)8(11)13-14-12;;;;;;;/h2*1-4,12H,(H,9,10);;6*1H2/q;;+2;;;;;;/p-2. The molecule has 14 N–H and O–H groups in total. The number of rotatable bonds is 6. The number of carboxylic acids is 2. The van der Waals surface area contributed by atoms with Gasteiger partial charge in [-0.25, -0.2) is 20.1 Å². The molecule has 0 saturated heterocycles. The van der Waals surface area contributed by atoms with Crippen LogP contribution in [0.4, 0.5) is 0 Å². The van der Waals surface area contributed by atoms with Crippen molar-refractivity contribution in [3.8, 4) is 0 Å². The molecule has 2 aromatic carbocycles. The van der Waals surface area contributed by atoms with Crippen molar-refractivity contribution in [3.05, 3.63) is 70.8 Å². The molecule has 0 atom stereocenters. The molecule has 196 valence electrons. The fourth-order valence-corrected chi connectivity index (χ4v) is 1.84. The Kier molecular flexibility index (Phi) is 35.4. The third-order valence-electron chi connectivity index (χ3n) is 2.96. The molecule has 0 saturated carbocycles. The molecule has 35 heavy (non-hydrogen) atoms. The number of carbonyl (C=O) groups is 4. The van der Waals surface area contributed by atoms with E-state index in [-0.39, 0.29) is 78.2 Å². The summed E-state index contributed by atoms with van der Waals surface area (Å²) in [7, 11) is 0. The summed E-state index contributed by atoms with van der Waals surface area (Å²) >= 11 is 0. The van der Waals surface area contributed by atoms with E-state index in [0.29, 0.717) is 0 Å². The van der Waals surface area contributed by atoms with E-state index in [2.05, 4.69) is 19.9 Å². The first-order chi connectivity index (χ1) is 13.3. The normalized spacial score (nSPS) is 7.60. The second-order valence-electron chi connectivity index (χ2n) is 4.56. The van der Waals surface area contributed by atoms with Crippen molar-refractivity contribution < 1.29 is 92.6 Å². The van der Waals surface area contributed by atoms with Crippen LogP contribution in [0.3, 0.4) is 0 Å². The third kappa shape index (κ3) is 15.3. The summed E-state index contributed by atoms with van der Waals surface area (Å²) in [5, 5.41) is 42.9. The quantitative estimate of drug-likeness (QED) is 0.201. The van der Waals surface area contributed by atoms with Gasteiger partial charge in [-0.1, -0.05) is 36.4 Å². The van der Waals surface area contributed by atoms with Gasteiger partial charge >= 0.3 is 35.0 Å². The van der Waals surface area contributed by atoms with Gasteiger partial charge in [-0.05, 0) is 22.2 Å². The van der Waals surface area contributed by atoms with E-state index in [1.807, 2.05) is 0 Å². The average Bonchev–Trinajstić information content (AvgIpc) is 2.68. The zero-order chi connectivity index (χ0) is 21.1. The SMILES string of the molecule is O.O.O.O.O.O.O=C([O-])c1ccccc1C(=O)OOO.O=C([O-])c1ccccc1C(=O)OOO.[Mg+2]. The molecule has 0 spiro atoms.